The van der Waals surface area contributed by atoms with Gasteiger partial charge in [-0.15, -0.1) is 0 Å². The van der Waals surface area contributed by atoms with Crippen molar-refractivity contribution in [2.24, 2.45) is 5.73 Å². The lowest BCUT2D eigenvalue weighted by Gasteiger charge is -2.16. The third kappa shape index (κ3) is 3.58. The van der Waals surface area contributed by atoms with Crippen LogP contribution in [-0.4, -0.2) is 6.61 Å². The minimum Gasteiger partial charge on any atom is -0.492 e. The van der Waals surface area contributed by atoms with E-state index in [9.17, 15) is 0 Å². The highest BCUT2D eigenvalue weighted by atomic mass is 16.5. The molecule has 0 saturated heterocycles. The molecule has 0 heterocycles. The highest BCUT2D eigenvalue weighted by Gasteiger charge is 2.09. The van der Waals surface area contributed by atoms with Crippen molar-refractivity contribution in [1.82, 2.24) is 0 Å². The quantitative estimate of drug-likeness (QED) is 0.885. The van der Waals surface area contributed by atoms with E-state index in [4.69, 9.17) is 10.5 Å². The van der Waals surface area contributed by atoms with Crippen LogP contribution in [0, 0.1) is 6.92 Å². The summed E-state index contributed by atoms with van der Waals surface area (Å²) in [4.78, 5) is 0. The van der Waals surface area contributed by atoms with E-state index in [-0.39, 0.29) is 6.04 Å². The molecule has 0 aromatic heterocycles. The molecule has 2 N–H and O–H groups in total. The normalized spacial score (nSPS) is 12.2. The molecule has 0 bridgehead atoms. The molecule has 1 unspecified atom stereocenters. The summed E-state index contributed by atoms with van der Waals surface area (Å²) in [7, 11) is 0. The van der Waals surface area contributed by atoms with Crippen molar-refractivity contribution in [3.05, 3.63) is 65.2 Å². The molecule has 2 aromatic carbocycles. The van der Waals surface area contributed by atoms with Gasteiger partial charge in [-0.3, -0.25) is 0 Å². The van der Waals surface area contributed by atoms with Gasteiger partial charge in [0.25, 0.3) is 0 Å². The number of hydrogen-bond donors (Lipinski definition) is 1. The van der Waals surface area contributed by atoms with E-state index in [0.717, 1.165) is 17.7 Å². The van der Waals surface area contributed by atoms with Crippen LogP contribution in [0.1, 0.15) is 29.7 Å². The average Bonchev–Trinajstić information content (AvgIpc) is 2.45. The molecular formula is C17H21NO. The van der Waals surface area contributed by atoms with E-state index in [2.05, 4.69) is 38.1 Å². The van der Waals surface area contributed by atoms with E-state index >= 15 is 0 Å². The second-order valence-corrected chi connectivity index (χ2v) is 4.78. The number of ether oxygens (including phenoxy) is 1. The summed E-state index contributed by atoms with van der Waals surface area (Å²) in [6.45, 7) is 4.71. The molecule has 19 heavy (non-hydrogen) atoms. The second kappa shape index (κ2) is 6.39. The maximum Gasteiger partial charge on any atom is 0.119 e. The lowest BCUT2D eigenvalue weighted by atomic mass is 10.0. The molecule has 2 heteroatoms. The fourth-order valence-corrected chi connectivity index (χ4v) is 2.13. The Morgan fingerprint density at radius 1 is 1.11 bits per heavy atom. The molecule has 0 saturated carbocycles. The van der Waals surface area contributed by atoms with Gasteiger partial charge in [-0.1, -0.05) is 43.3 Å². The summed E-state index contributed by atoms with van der Waals surface area (Å²) >= 11 is 0. The number of hydrogen-bond acceptors (Lipinski definition) is 2. The predicted octanol–water partition coefficient (Wildman–Crippen LogP) is 3.64. The van der Waals surface area contributed by atoms with E-state index < -0.39 is 0 Å². The van der Waals surface area contributed by atoms with Gasteiger partial charge in [-0.25, -0.2) is 0 Å². The maximum atomic E-state index is 6.19. The van der Waals surface area contributed by atoms with Crippen molar-refractivity contribution < 1.29 is 4.74 Å². The van der Waals surface area contributed by atoms with Crippen LogP contribution in [0.25, 0.3) is 0 Å². The SMILES string of the molecule is CCc1cccc(OCC(N)c2ccccc2C)c1. The summed E-state index contributed by atoms with van der Waals surface area (Å²) in [6, 6.07) is 16.3. The zero-order valence-electron chi connectivity index (χ0n) is 11.6. The third-order valence-electron chi connectivity index (χ3n) is 3.32. The first-order valence-corrected chi connectivity index (χ1v) is 6.73. The van der Waals surface area contributed by atoms with Crippen molar-refractivity contribution in [1.29, 1.82) is 0 Å². The molecule has 0 fully saturated rings. The monoisotopic (exact) mass is 255 g/mol. The van der Waals surface area contributed by atoms with Gasteiger partial charge in [0.15, 0.2) is 0 Å². The van der Waals surface area contributed by atoms with Gasteiger partial charge in [-0.2, -0.15) is 0 Å². The van der Waals surface area contributed by atoms with Crippen LogP contribution in [-0.2, 0) is 6.42 Å². The van der Waals surface area contributed by atoms with Crippen molar-refractivity contribution >= 4 is 0 Å². The second-order valence-electron chi connectivity index (χ2n) is 4.78. The van der Waals surface area contributed by atoms with Gasteiger partial charge in [0.2, 0.25) is 0 Å². The van der Waals surface area contributed by atoms with Gasteiger partial charge in [0, 0.05) is 0 Å². The zero-order valence-corrected chi connectivity index (χ0v) is 11.6. The highest BCUT2D eigenvalue weighted by molar-refractivity contribution is 5.30. The summed E-state index contributed by atoms with van der Waals surface area (Å²) in [5.74, 6) is 0.892. The van der Waals surface area contributed by atoms with E-state index in [0.29, 0.717) is 6.61 Å². The number of benzene rings is 2. The molecule has 0 radical (unpaired) electrons. The van der Waals surface area contributed by atoms with Gasteiger partial charge in [0.05, 0.1) is 6.04 Å². The lowest BCUT2D eigenvalue weighted by molar-refractivity contribution is 0.290. The number of rotatable bonds is 5. The minimum absolute atomic E-state index is 0.0912. The van der Waals surface area contributed by atoms with E-state index in [1.54, 1.807) is 0 Å². The third-order valence-corrected chi connectivity index (χ3v) is 3.32. The van der Waals surface area contributed by atoms with Crippen molar-refractivity contribution in [3.8, 4) is 5.75 Å². The van der Waals surface area contributed by atoms with Crippen LogP contribution in [0.4, 0.5) is 0 Å². The highest BCUT2D eigenvalue weighted by Crippen LogP contribution is 2.18. The molecule has 100 valence electrons. The van der Waals surface area contributed by atoms with Crippen molar-refractivity contribution in [2.75, 3.05) is 6.61 Å². The van der Waals surface area contributed by atoms with Gasteiger partial charge >= 0.3 is 0 Å². The zero-order chi connectivity index (χ0) is 13.7. The Kier molecular flexibility index (Phi) is 4.58. The Bertz CT molecular complexity index is 536. The molecule has 2 nitrogen and oxygen atoms in total. The molecule has 0 amide bonds. The van der Waals surface area contributed by atoms with Crippen LogP contribution in [0.5, 0.6) is 5.75 Å². The first-order chi connectivity index (χ1) is 9.20. The summed E-state index contributed by atoms with van der Waals surface area (Å²) < 4.78 is 5.79. The first-order valence-electron chi connectivity index (χ1n) is 6.73. The standard InChI is InChI=1S/C17H21NO/c1-3-14-8-6-9-15(11-14)19-12-17(18)16-10-5-4-7-13(16)2/h4-11,17H,3,12,18H2,1-2H3. The smallest absolute Gasteiger partial charge is 0.119 e. The van der Waals surface area contributed by atoms with Gasteiger partial charge < -0.3 is 10.5 Å². The molecule has 0 spiro atoms. The van der Waals surface area contributed by atoms with Crippen molar-refractivity contribution in [3.63, 3.8) is 0 Å². The van der Waals surface area contributed by atoms with Gasteiger partial charge in [0.1, 0.15) is 12.4 Å². The molecule has 0 aliphatic rings. The lowest BCUT2D eigenvalue weighted by Crippen LogP contribution is -2.19. The predicted molar refractivity (Wildman–Crippen MR) is 79.4 cm³/mol. The van der Waals surface area contributed by atoms with Crippen LogP contribution in [0.15, 0.2) is 48.5 Å². The maximum absolute atomic E-state index is 6.19. The summed E-state index contributed by atoms with van der Waals surface area (Å²) in [5, 5.41) is 0. The van der Waals surface area contributed by atoms with Crippen LogP contribution in [0.2, 0.25) is 0 Å². The Balaban J connectivity index is 2.00. The van der Waals surface area contributed by atoms with Gasteiger partial charge in [-0.05, 0) is 42.2 Å². The Hall–Kier alpha value is -1.80. The molecule has 2 aromatic rings. The molecule has 1 atom stereocenters. The van der Waals surface area contributed by atoms with Crippen LogP contribution < -0.4 is 10.5 Å². The summed E-state index contributed by atoms with van der Waals surface area (Å²) in [6.07, 6.45) is 1.01. The Labute approximate surface area is 115 Å². The molecule has 0 aliphatic heterocycles. The molecule has 0 aliphatic carbocycles. The first kappa shape index (κ1) is 13.6. The summed E-state index contributed by atoms with van der Waals surface area (Å²) in [5.41, 5.74) is 9.83. The Morgan fingerprint density at radius 3 is 2.63 bits per heavy atom. The Morgan fingerprint density at radius 2 is 1.89 bits per heavy atom. The van der Waals surface area contributed by atoms with Crippen LogP contribution in [0.3, 0.4) is 0 Å². The van der Waals surface area contributed by atoms with Crippen molar-refractivity contribution in [2.45, 2.75) is 26.3 Å². The minimum atomic E-state index is -0.0912. The molecule has 2 rings (SSSR count). The number of aryl methyl sites for hydroxylation is 2. The fourth-order valence-electron chi connectivity index (χ4n) is 2.13. The topological polar surface area (TPSA) is 35.2 Å². The molecular weight excluding hydrogens is 234 g/mol. The fraction of sp³-hybridized carbons (Fsp3) is 0.294. The van der Waals surface area contributed by atoms with E-state index in [1.807, 2.05) is 24.3 Å². The average molecular weight is 255 g/mol. The number of nitrogens with two attached hydrogens (primary N) is 1. The van der Waals surface area contributed by atoms with Crippen LogP contribution >= 0.6 is 0 Å². The van der Waals surface area contributed by atoms with E-state index in [1.165, 1.54) is 11.1 Å². The largest absolute Gasteiger partial charge is 0.492 e.